The number of methoxy groups -OCH3 is 2. The molecule has 0 aliphatic carbocycles. The quantitative estimate of drug-likeness (QED) is 0.608. The van der Waals surface area contributed by atoms with Crippen molar-refractivity contribution < 1.29 is 18.8 Å². The van der Waals surface area contributed by atoms with E-state index in [1.807, 2.05) is 11.0 Å². The van der Waals surface area contributed by atoms with Gasteiger partial charge in [0.2, 0.25) is 17.6 Å². The second kappa shape index (κ2) is 8.18. The van der Waals surface area contributed by atoms with Crippen LogP contribution in [0.3, 0.4) is 0 Å². The molecule has 3 aromatic rings. The van der Waals surface area contributed by atoms with Gasteiger partial charge in [0, 0.05) is 18.5 Å². The molecule has 30 heavy (non-hydrogen) atoms. The topological polar surface area (TPSA) is 77.7 Å². The standard InChI is InChI=1S/C23H25N3O4/c1-14-5-6-15(2)17(11-14)13-26-18(8-10-21(26)27)23-24-22(25-30-23)16-7-9-19(28-3)20(12-16)29-4/h5-7,9,11-12,18H,8,10,13H2,1-4H3. The highest BCUT2D eigenvalue weighted by Crippen LogP contribution is 2.36. The maximum absolute atomic E-state index is 12.6. The Morgan fingerprint density at radius 1 is 1.10 bits per heavy atom. The molecule has 7 nitrogen and oxygen atoms in total. The highest BCUT2D eigenvalue weighted by atomic mass is 16.5. The van der Waals surface area contributed by atoms with Gasteiger partial charge in [-0.25, -0.2) is 0 Å². The van der Waals surface area contributed by atoms with Gasteiger partial charge < -0.3 is 18.9 Å². The van der Waals surface area contributed by atoms with Crippen molar-refractivity contribution in [1.29, 1.82) is 0 Å². The Bertz CT molecular complexity index is 1080. The van der Waals surface area contributed by atoms with Crippen LogP contribution in [0.25, 0.3) is 11.4 Å². The van der Waals surface area contributed by atoms with Crippen LogP contribution in [-0.4, -0.2) is 35.2 Å². The molecule has 7 heteroatoms. The van der Waals surface area contributed by atoms with E-state index in [1.165, 1.54) is 5.56 Å². The predicted octanol–water partition coefficient (Wildman–Crippen LogP) is 4.23. The first-order chi connectivity index (χ1) is 14.5. The second-order valence-electron chi connectivity index (χ2n) is 7.53. The molecule has 1 fully saturated rings. The smallest absolute Gasteiger partial charge is 0.249 e. The molecule has 156 valence electrons. The number of hydrogen-bond acceptors (Lipinski definition) is 6. The predicted molar refractivity (Wildman–Crippen MR) is 111 cm³/mol. The van der Waals surface area contributed by atoms with Gasteiger partial charge in [0.05, 0.1) is 14.2 Å². The maximum atomic E-state index is 12.6. The Morgan fingerprint density at radius 3 is 2.67 bits per heavy atom. The van der Waals surface area contributed by atoms with Crippen molar-refractivity contribution in [2.75, 3.05) is 14.2 Å². The lowest BCUT2D eigenvalue weighted by Gasteiger charge is -2.23. The average Bonchev–Trinajstić information content (AvgIpc) is 3.37. The maximum Gasteiger partial charge on any atom is 0.249 e. The normalized spacial score (nSPS) is 16.2. The lowest BCUT2D eigenvalue weighted by atomic mass is 10.0. The average molecular weight is 407 g/mol. The summed E-state index contributed by atoms with van der Waals surface area (Å²) >= 11 is 0. The number of aryl methyl sites for hydroxylation is 2. The number of aromatic nitrogens is 2. The van der Waals surface area contributed by atoms with E-state index in [1.54, 1.807) is 26.4 Å². The van der Waals surface area contributed by atoms with E-state index >= 15 is 0 Å². The fraction of sp³-hybridized carbons (Fsp3) is 0.348. The van der Waals surface area contributed by atoms with Crippen molar-refractivity contribution in [3.8, 4) is 22.9 Å². The molecule has 1 aromatic heterocycles. The number of benzene rings is 2. The fourth-order valence-electron chi connectivity index (χ4n) is 3.81. The first-order valence-electron chi connectivity index (χ1n) is 9.91. The van der Waals surface area contributed by atoms with Gasteiger partial charge in [-0.15, -0.1) is 0 Å². The van der Waals surface area contributed by atoms with Crippen molar-refractivity contribution in [1.82, 2.24) is 15.0 Å². The van der Waals surface area contributed by atoms with Crippen molar-refractivity contribution in [2.24, 2.45) is 0 Å². The van der Waals surface area contributed by atoms with Gasteiger partial charge in [0.25, 0.3) is 0 Å². The van der Waals surface area contributed by atoms with Crippen LogP contribution in [0.4, 0.5) is 0 Å². The molecule has 1 unspecified atom stereocenters. The van der Waals surface area contributed by atoms with E-state index in [9.17, 15) is 4.79 Å². The number of carbonyl (C=O) groups is 1. The van der Waals surface area contributed by atoms with Crippen LogP contribution in [0.2, 0.25) is 0 Å². The Labute approximate surface area is 175 Å². The van der Waals surface area contributed by atoms with E-state index in [0.717, 1.165) is 16.7 Å². The van der Waals surface area contributed by atoms with Gasteiger partial charge in [-0.3, -0.25) is 4.79 Å². The summed E-state index contributed by atoms with van der Waals surface area (Å²) in [7, 11) is 3.17. The SMILES string of the molecule is COc1ccc(-c2noc(C3CCC(=O)N3Cc3cc(C)ccc3C)n2)cc1OC. The van der Waals surface area contributed by atoms with Gasteiger partial charge in [-0.05, 0) is 49.6 Å². The number of nitrogens with zero attached hydrogens (tertiary/aromatic N) is 3. The first kappa shape index (κ1) is 19.9. The minimum absolute atomic E-state index is 0.103. The third kappa shape index (κ3) is 3.75. The van der Waals surface area contributed by atoms with E-state index < -0.39 is 0 Å². The number of rotatable bonds is 6. The molecule has 4 rings (SSSR count). The van der Waals surface area contributed by atoms with Crippen LogP contribution in [0.5, 0.6) is 11.5 Å². The lowest BCUT2D eigenvalue weighted by molar-refractivity contribution is -0.130. The zero-order valence-electron chi connectivity index (χ0n) is 17.6. The fourth-order valence-corrected chi connectivity index (χ4v) is 3.81. The number of amides is 1. The lowest BCUT2D eigenvalue weighted by Crippen LogP contribution is -2.27. The molecule has 0 N–H and O–H groups in total. The Balaban J connectivity index is 1.60. The van der Waals surface area contributed by atoms with Crippen molar-refractivity contribution in [2.45, 2.75) is 39.3 Å². The highest BCUT2D eigenvalue weighted by molar-refractivity contribution is 5.79. The van der Waals surface area contributed by atoms with Crippen LogP contribution in [0.1, 0.15) is 41.5 Å². The molecular formula is C23H25N3O4. The molecule has 1 saturated heterocycles. The van der Waals surface area contributed by atoms with Gasteiger partial charge in [0.15, 0.2) is 11.5 Å². The third-order valence-electron chi connectivity index (χ3n) is 5.54. The van der Waals surface area contributed by atoms with E-state index in [0.29, 0.717) is 42.6 Å². The van der Waals surface area contributed by atoms with Crippen LogP contribution in [0, 0.1) is 13.8 Å². The summed E-state index contributed by atoms with van der Waals surface area (Å²) in [5.74, 6) is 2.24. The van der Waals surface area contributed by atoms with Gasteiger partial charge in [-0.2, -0.15) is 4.98 Å². The molecule has 1 atom stereocenters. The number of likely N-dealkylation sites (tertiary alicyclic amines) is 1. The van der Waals surface area contributed by atoms with Crippen LogP contribution in [0.15, 0.2) is 40.9 Å². The molecule has 0 spiro atoms. The molecule has 1 aliphatic heterocycles. The second-order valence-corrected chi connectivity index (χ2v) is 7.53. The molecule has 0 saturated carbocycles. The molecule has 1 amide bonds. The van der Waals surface area contributed by atoms with Gasteiger partial charge in [0.1, 0.15) is 6.04 Å². The number of ether oxygens (including phenoxy) is 2. The summed E-state index contributed by atoms with van der Waals surface area (Å²) in [6.45, 7) is 4.65. The van der Waals surface area contributed by atoms with Crippen molar-refractivity contribution >= 4 is 5.91 Å². The van der Waals surface area contributed by atoms with Crippen LogP contribution < -0.4 is 9.47 Å². The van der Waals surface area contributed by atoms with E-state index in [2.05, 4.69) is 42.2 Å². The Kier molecular flexibility index (Phi) is 5.44. The van der Waals surface area contributed by atoms with Crippen LogP contribution in [-0.2, 0) is 11.3 Å². The minimum Gasteiger partial charge on any atom is -0.493 e. The van der Waals surface area contributed by atoms with E-state index in [-0.39, 0.29) is 11.9 Å². The molecule has 2 aromatic carbocycles. The monoisotopic (exact) mass is 407 g/mol. The van der Waals surface area contributed by atoms with Crippen molar-refractivity contribution in [3.63, 3.8) is 0 Å². The van der Waals surface area contributed by atoms with Gasteiger partial charge in [-0.1, -0.05) is 28.9 Å². The molecule has 1 aliphatic rings. The van der Waals surface area contributed by atoms with Crippen LogP contribution >= 0.6 is 0 Å². The van der Waals surface area contributed by atoms with Gasteiger partial charge >= 0.3 is 0 Å². The summed E-state index contributed by atoms with van der Waals surface area (Å²) in [6.07, 6.45) is 1.14. The molecule has 2 heterocycles. The highest BCUT2D eigenvalue weighted by Gasteiger charge is 2.36. The zero-order chi connectivity index (χ0) is 21.3. The number of carbonyl (C=O) groups excluding carboxylic acids is 1. The molecular weight excluding hydrogens is 382 g/mol. The summed E-state index contributed by atoms with van der Waals surface area (Å²) < 4.78 is 16.2. The molecule has 0 bridgehead atoms. The van der Waals surface area contributed by atoms with E-state index in [4.69, 9.17) is 14.0 Å². The third-order valence-corrected chi connectivity index (χ3v) is 5.54. The summed E-state index contributed by atoms with van der Waals surface area (Å²) in [5, 5.41) is 4.14. The summed E-state index contributed by atoms with van der Waals surface area (Å²) in [5.41, 5.74) is 4.23. The minimum atomic E-state index is -0.223. The number of hydrogen-bond donors (Lipinski definition) is 0. The largest absolute Gasteiger partial charge is 0.493 e. The summed E-state index contributed by atoms with van der Waals surface area (Å²) in [4.78, 5) is 19.0. The summed E-state index contributed by atoms with van der Waals surface area (Å²) in [6, 6.07) is 11.5. The Hall–Kier alpha value is -3.35. The molecule has 0 radical (unpaired) electrons. The van der Waals surface area contributed by atoms with Crippen molar-refractivity contribution in [3.05, 3.63) is 59.0 Å². The Morgan fingerprint density at radius 2 is 1.90 bits per heavy atom. The zero-order valence-corrected chi connectivity index (χ0v) is 17.6. The first-order valence-corrected chi connectivity index (χ1v) is 9.91.